The molecule has 2 rings (SSSR count). The van der Waals surface area contributed by atoms with Crippen LogP contribution in [0.4, 0.5) is 0 Å². The first-order chi connectivity index (χ1) is 9.66. The number of hydrogen-bond acceptors (Lipinski definition) is 2. The van der Waals surface area contributed by atoms with E-state index in [1.54, 1.807) is 0 Å². The maximum atomic E-state index is 5.73. The summed E-state index contributed by atoms with van der Waals surface area (Å²) in [5.74, 6) is 0.660. The number of allylic oxidation sites excluding steroid dienone is 1. The summed E-state index contributed by atoms with van der Waals surface area (Å²) >= 11 is 0. The molecule has 0 saturated carbocycles. The predicted molar refractivity (Wildman–Crippen MR) is 82.6 cm³/mol. The molecule has 0 N–H and O–H groups in total. The quantitative estimate of drug-likeness (QED) is 0.567. The van der Waals surface area contributed by atoms with Gasteiger partial charge < -0.3 is 9.47 Å². The Hall–Kier alpha value is -1.12. The van der Waals surface area contributed by atoms with Gasteiger partial charge in [-0.15, -0.1) is 0 Å². The zero-order chi connectivity index (χ0) is 14.3. The fourth-order valence-electron chi connectivity index (χ4n) is 2.65. The molecule has 1 aliphatic rings. The Labute approximate surface area is 122 Å². The van der Waals surface area contributed by atoms with E-state index in [0.29, 0.717) is 12.5 Å². The maximum absolute atomic E-state index is 5.73. The lowest BCUT2D eigenvalue weighted by molar-refractivity contribution is -0.0645. The molecule has 1 unspecified atom stereocenters. The lowest BCUT2D eigenvalue weighted by Gasteiger charge is -2.34. The highest BCUT2D eigenvalue weighted by Crippen LogP contribution is 2.29. The molecule has 1 fully saturated rings. The monoisotopic (exact) mass is 274 g/mol. The molecule has 2 nitrogen and oxygen atoms in total. The molecule has 0 aliphatic carbocycles. The molecule has 110 valence electrons. The van der Waals surface area contributed by atoms with E-state index in [0.717, 1.165) is 32.5 Å². The first kappa shape index (κ1) is 15.3. The van der Waals surface area contributed by atoms with E-state index >= 15 is 0 Å². The van der Waals surface area contributed by atoms with E-state index in [4.69, 9.17) is 9.47 Å². The Kier molecular flexibility index (Phi) is 5.81. The maximum Gasteiger partial charge on any atom is 0.0717 e. The molecular weight excluding hydrogens is 248 g/mol. The van der Waals surface area contributed by atoms with E-state index in [2.05, 4.69) is 38.1 Å². The van der Waals surface area contributed by atoms with Crippen molar-refractivity contribution in [2.75, 3.05) is 13.2 Å². The van der Waals surface area contributed by atoms with Crippen molar-refractivity contribution in [2.24, 2.45) is 5.92 Å². The second-order valence-electron chi connectivity index (χ2n) is 6.12. The lowest BCUT2D eigenvalue weighted by atomic mass is 9.88. The Bertz CT molecular complexity index is 409. The molecule has 0 amide bonds. The highest BCUT2D eigenvalue weighted by molar-refractivity contribution is 5.13. The van der Waals surface area contributed by atoms with Crippen LogP contribution in [0.15, 0.2) is 42.5 Å². The zero-order valence-electron chi connectivity index (χ0n) is 12.7. The van der Waals surface area contributed by atoms with Gasteiger partial charge in [-0.2, -0.15) is 0 Å². The normalized spacial score (nSPS) is 22.2. The largest absolute Gasteiger partial charge is 0.376 e. The summed E-state index contributed by atoms with van der Waals surface area (Å²) in [5.41, 5.74) is 1.28. The third kappa shape index (κ3) is 5.48. The number of hydrogen-bond donors (Lipinski definition) is 0. The third-order valence-corrected chi connectivity index (χ3v) is 3.68. The summed E-state index contributed by atoms with van der Waals surface area (Å²) < 4.78 is 11.4. The molecule has 1 saturated heterocycles. The van der Waals surface area contributed by atoms with Crippen LogP contribution in [-0.2, 0) is 16.1 Å². The first-order valence-corrected chi connectivity index (χ1v) is 7.58. The molecule has 0 spiro atoms. The highest BCUT2D eigenvalue weighted by atomic mass is 16.5. The summed E-state index contributed by atoms with van der Waals surface area (Å²) in [6.07, 6.45) is 7.86. The van der Waals surface area contributed by atoms with Gasteiger partial charge in [-0.25, -0.2) is 0 Å². The van der Waals surface area contributed by atoms with Crippen molar-refractivity contribution in [2.45, 2.75) is 45.3 Å². The number of ether oxygens (including phenoxy) is 2. The molecular formula is C18H26O2. The Morgan fingerprint density at radius 3 is 2.85 bits per heavy atom. The summed E-state index contributed by atoms with van der Waals surface area (Å²) in [6.45, 7) is 6.73. The molecule has 0 aromatic heterocycles. The van der Waals surface area contributed by atoms with E-state index in [9.17, 15) is 0 Å². The van der Waals surface area contributed by atoms with Crippen molar-refractivity contribution in [3.05, 3.63) is 48.0 Å². The van der Waals surface area contributed by atoms with Crippen LogP contribution in [0.3, 0.4) is 0 Å². The second-order valence-corrected chi connectivity index (χ2v) is 6.12. The van der Waals surface area contributed by atoms with Crippen LogP contribution in [0.5, 0.6) is 0 Å². The van der Waals surface area contributed by atoms with Gasteiger partial charge in [0.1, 0.15) is 0 Å². The van der Waals surface area contributed by atoms with Gasteiger partial charge in [0.2, 0.25) is 0 Å². The van der Waals surface area contributed by atoms with Gasteiger partial charge in [0, 0.05) is 6.61 Å². The summed E-state index contributed by atoms with van der Waals surface area (Å²) in [4.78, 5) is 0. The molecule has 1 aliphatic heterocycles. The highest BCUT2D eigenvalue weighted by Gasteiger charge is 2.26. The van der Waals surface area contributed by atoms with Gasteiger partial charge >= 0.3 is 0 Å². The molecule has 1 heterocycles. The van der Waals surface area contributed by atoms with E-state index in [1.165, 1.54) is 5.56 Å². The van der Waals surface area contributed by atoms with Gasteiger partial charge in [-0.05, 0) is 44.6 Å². The average Bonchev–Trinajstić information content (AvgIpc) is 2.43. The van der Waals surface area contributed by atoms with Crippen molar-refractivity contribution in [3.8, 4) is 0 Å². The standard InChI is InChI=1S/C18H26O2/c1-18(2)14-16(11-13-20-18)8-6-7-12-19-15-17-9-4-3-5-10-17/h3-6,8-10,16H,7,11-15H2,1-2H3. The van der Waals surface area contributed by atoms with Crippen LogP contribution >= 0.6 is 0 Å². The van der Waals surface area contributed by atoms with Gasteiger partial charge in [0.25, 0.3) is 0 Å². The minimum absolute atomic E-state index is 0.0388. The SMILES string of the molecule is CC1(C)CC(C=CCCOCc2ccccc2)CCO1. The van der Waals surface area contributed by atoms with E-state index in [1.807, 2.05) is 18.2 Å². The van der Waals surface area contributed by atoms with Crippen LogP contribution in [0, 0.1) is 5.92 Å². The van der Waals surface area contributed by atoms with Crippen LogP contribution in [0.2, 0.25) is 0 Å². The summed E-state index contributed by atoms with van der Waals surface area (Å²) in [6, 6.07) is 10.3. The summed E-state index contributed by atoms with van der Waals surface area (Å²) in [5, 5.41) is 0. The molecule has 1 atom stereocenters. The summed E-state index contributed by atoms with van der Waals surface area (Å²) in [7, 11) is 0. The van der Waals surface area contributed by atoms with Crippen molar-refractivity contribution in [1.82, 2.24) is 0 Å². The Morgan fingerprint density at radius 2 is 2.10 bits per heavy atom. The average molecular weight is 274 g/mol. The second kappa shape index (κ2) is 7.61. The van der Waals surface area contributed by atoms with Gasteiger partial charge in [0.05, 0.1) is 18.8 Å². The van der Waals surface area contributed by atoms with Crippen molar-refractivity contribution in [3.63, 3.8) is 0 Å². The molecule has 1 aromatic carbocycles. The third-order valence-electron chi connectivity index (χ3n) is 3.68. The molecule has 20 heavy (non-hydrogen) atoms. The fraction of sp³-hybridized carbons (Fsp3) is 0.556. The van der Waals surface area contributed by atoms with Gasteiger partial charge in [0.15, 0.2) is 0 Å². The molecule has 1 aromatic rings. The van der Waals surface area contributed by atoms with Crippen LogP contribution in [0.1, 0.15) is 38.7 Å². The zero-order valence-corrected chi connectivity index (χ0v) is 12.7. The molecule has 0 radical (unpaired) electrons. The Balaban J connectivity index is 1.60. The van der Waals surface area contributed by atoms with E-state index < -0.39 is 0 Å². The van der Waals surface area contributed by atoms with Crippen molar-refractivity contribution >= 4 is 0 Å². The van der Waals surface area contributed by atoms with Gasteiger partial charge in [-0.3, -0.25) is 0 Å². The number of benzene rings is 1. The van der Waals surface area contributed by atoms with Crippen molar-refractivity contribution < 1.29 is 9.47 Å². The lowest BCUT2D eigenvalue weighted by Crippen LogP contribution is -2.33. The minimum Gasteiger partial charge on any atom is -0.376 e. The predicted octanol–water partition coefficient (Wildman–Crippen LogP) is 4.35. The van der Waals surface area contributed by atoms with Crippen LogP contribution in [0.25, 0.3) is 0 Å². The number of rotatable bonds is 6. The van der Waals surface area contributed by atoms with E-state index in [-0.39, 0.29) is 5.60 Å². The molecule has 0 bridgehead atoms. The fourth-order valence-corrected chi connectivity index (χ4v) is 2.65. The smallest absolute Gasteiger partial charge is 0.0717 e. The van der Waals surface area contributed by atoms with Gasteiger partial charge in [-0.1, -0.05) is 42.5 Å². The van der Waals surface area contributed by atoms with Crippen LogP contribution in [-0.4, -0.2) is 18.8 Å². The van der Waals surface area contributed by atoms with Crippen LogP contribution < -0.4 is 0 Å². The Morgan fingerprint density at radius 1 is 1.30 bits per heavy atom. The minimum atomic E-state index is 0.0388. The van der Waals surface area contributed by atoms with Crippen molar-refractivity contribution in [1.29, 1.82) is 0 Å². The first-order valence-electron chi connectivity index (χ1n) is 7.58. The topological polar surface area (TPSA) is 18.5 Å². The molecule has 2 heteroatoms.